The summed E-state index contributed by atoms with van der Waals surface area (Å²) in [4.78, 5) is 0. The Morgan fingerprint density at radius 2 is 0.563 bits per heavy atom. The van der Waals surface area contributed by atoms with E-state index in [1.54, 1.807) is 0 Å². The van der Waals surface area contributed by atoms with Gasteiger partial charge in [-0.05, 0) is 13.0 Å². The SMILES string of the molecule is NCCCO[C@@H]1O[C@H](CO[C@@H]2O[C@H](CO[C@@H]3O[C@H](CO[C@@H]4O[C@H](CO)[C@@H](O)[C@H](O)[C@H]4O)[C@@H](O)[C@H](O[C@@H]4O[C@H](CO)[C@@H](O)[C@H](O)[C@H]4O)[C@H]3O)[C@@H](O)[C@H](O)[C@H]2O)[C@@H](O)[C@H](O[C@@H]2O[C@H](CO)[C@@H](O)[C@H](O)[C@H]2O)[C@H]1O. The molecule has 0 amide bonds. The summed E-state index contributed by atoms with van der Waals surface area (Å²) in [5, 5.41) is 200. The van der Waals surface area contributed by atoms with Crippen molar-refractivity contribution in [3.63, 3.8) is 0 Å². The van der Waals surface area contributed by atoms with Crippen LogP contribution in [0.3, 0.4) is 0 Å². The molecule has 6 aliphatic heterocycles. The van der Waals surface area contributed by atoms with E-state index in [-0.39, 0.29) is 19.6 Å². The second kappa shape index (κ2) is 26.2. The van der Waals surface area contributed by atoms with Gasteiger partial charge < -0.3 is 160 Å². The number of ether oxygens (including phenoxy) is 12. The summed E-state index contributed by atoms with van der Waals surface area (Å²) in [6.45, 7) is -4.92. The second-order valence-corrected chi connectivity index (χ2v) is 17.9. The van der Waals surface area contributed by atoms with Gasteiger partial charge in [0.25, 0.3) is 0 Å². The third kappa shape index (κ3) is 13.1. The van der Waals surface area contributed by atoms with E-state index in [9.17, 15) is 97.0 Å². The molecule has 21 N–H and O–H groups in total. The molecule has 6 rings (SSSR count). The van der Waals surface area contributed by atoms with Crippen LogP contribution in [0.1, 0.15) is 6.42 Å². The van der Waals surface area contributed by atoms with Gasteiger partial charge in [-0.1, -0.05) is 0 Å². The van der Waals surface area contributed by atoms with Crippen molar-refractivity contribution in [3.05, 3.63) is 0 Å². The summed E-state index contributed by atoms with van der Waals surface area (Å²) in [7, 11) is 0. The van der Waals surface area contributed by atoms with Crippen molar-refractivity contribution in [1.29, 1.82) is 0 Å². The maximum atomic E-state index is 11.5. The predicted octanol–water partition coefficient (Wildman–Crippen LogP) is -13.7. The lowest BCUT2D eigenvalue weighted by Gasteiger charge is -2.47. The standard InChI is InChI=1S/C39H69NO31/c40-2-1-3-60-36-30(58)32(70-38-28(56)23(51)17(45)11(5-42)65-38)20(48)14(68-36)8-62-35-27(55)25(53)19(47)13(67-35)7-63-37-31(59)33(71-39-29(57)24(52)18(46)12(6-43)66-39)21(49)15(69-37)9-61-34-26(54)22(50)16(44)10(4-41)64-34/h10-39,41-59H,1-9,40H2/t10-,11-,12-,13-,14-,15-,16-,17-,18-,19-,20-,21-,22+,23+,24+,25+,26-,27-,28-,29-,30-,31-,32+,33+,34-,35-,36-,37-,38+,39+/m1/s1. The molecule has 0 aliphatic carbocycles. The molecule has 0 aromatic heterocycles. The molecule has 6 saturated heterocycles. The molecule has 32 heteroatoms. The average molecular weight is 1050 g/mol. The fourth-order valence-corrected chi connectivity index (χ4v) is 8.60. The summed E-state index contributed by atoms with van der Waals surface area (Å²) in [5.41, 5.74) is 5.55. The van der Waals surface area contributed by atoms with E-state index in [2.05, 4.69) is 0 Å². The number of nitrogens with two attached hydrogens (primary N) is 1. The number of aliphatic hydroxyl groups is 19. The normalized spacial score (nSPS) is 51.0. The predicted molar refractivity (Wildman–Crippen MR) is 217 cm³/mol. The molecule has 0 aromatic carbocycles. The van der Waals surface area contributed by atoms with Crippen LogP contribution in [0, 0.1) is 0 Å². The molecule has 416 valence electrons. The van der Waals surface area contributed by atoms with Crippen molar-refractivity contribution in [1.82, 2.24) is 0 Å². The first-order chi connectivity index (χ1) is 33.7. The zero-order chi connectivity index (χ0) is 52.2. The Hall–Kier alpha value is -1.28. The van der Waals surface area contributed by atoms with Crippen LogP contribution in [0.25, 0.3) is 0 Å². The van der Waals surface area contributed by atoms with Crippen LogP contribution in [0.4, 0.5) is 0 Å². The Kier molecular flexibility index (Phi) is 21.7. The maximum absolute atomic E-state index is 11.5. The lowest BCUT2D eigenvalue weighted by atomic mass is 9.96. The van der Waals surface area contributed by atoms with Crippen molar-refractivity contribution in [2.45, 2.75) is 191 Å². The number of rotatable bonds is 20. The number of hydrogen-bond donors (Lipinski definition) is 20. The molecule has 0 aromatic rings. The Morgan fingerprint density at radius 1 is 0.296 bits per heavy atom. The van der Waals surface area contributed by atoms with E-state index in [1.807, 2.05) is 0 Å². The van der Waals surface area contributed by atoms with Crippen LogP contribution >= 0.6 is 0 Å². The van der Waals surface area contributed by atoms with Crippen molar-refractivity contribution in [2.75, 3.05) is 52.8 Å². The average Bonchev–Trinajstić information content (AvgIpc) is 3.36. The van der Waals surface area contributed by atoms with E-state index in [1.165, 1.54) is 0 Å². The third-order valence-electron chi connectivity index (χ3n) is 13.0. The highest BCUT2D eigenvalue weighted by atomic mass is 16.8. The van der Waals surface area contributed by atoms with Gasteiger partial charge in [0.1, 0.15) is 146 Å². The molecule has 6 heterocycles. The van der Waals surface area contributed by atoms with Crippen LogP contribution in [-0.4, -0.2) is 334 Å². The zero-order valence-electron chi connectivity index (χ0n) is 37.7. The highest BCUT2D eigenvalue weighted by Crippen LogP contribution is 2.34. The van der Waals surface area contributed by atoms with E-state index in [0.717, 1.165) is 0 Å². The third-order valence-corrected chi connectivity index (χ3v) is 13.0. The minimum Gasteiger partial charge on any atom is -0.394 e. The topological polar surface area (TPSA) is 521 Å². The van der Waals surface area contributed by atoms with Crippen molar-refractivity contribution >= 4 is 0 Å². The number of aliphatic hydroxyl groups excluding tert-OH is 19. The van der Waals surface area contributed by atoms with Crippen LogP contribution < -0.4 is 5.73 Å². The van der Waals surface area contributed by atoms with Crippen LogP contribution in [-0.2, 0) is 56.8 Å². The summed E-state index contributed by atoms with van der Waals surface area (Å²) in [6, 6.07) is 0. The zero-order valence-corrected chi connectivity index (χ0v) is 37.7. The smallest absolute Gasteiger partial charge is 0.187 e. The molecule has 30 atom stereocenters. The Bertz CT molecular complexity index is 1580. The molecule has 0 unspecified atom stereocenters. The van der Waals surface area contributed by atoms with E-state index in [0.29, 0.717) is 0 Å². The van der Waals surface area contributed by atoms with E-state index >= 15 is 0 Å². The van der Waals surface area contributed by atoms with Gasteiger partial charge in [-0.25, -0.2) is 0 Å². The highest BCUT2D eigenvalue weighted by Gasteiger charge is 2.55. The molecule has 6 fully saturated rings. The van der Waals surface area contributed by atoms with Gasteiger partial charge in [-0.2, -0.15) is 0 Å². The lowest BCUT2D eigenvalue weighted by molar-refractivity contribution is -0.373. The molecule has 71 heavy (non-hydrogen) atoms. The lowest BCUT2D eigenvalue weighted by Crippen LogP contribution is -2.66. The van der Waals surface area contributed by atoms with Crippen molar-refractivity contribution < 1.29 is 154 Å². The first-order valence-electron chi connectivity index (χ1n) is 22.8. The summed E-state index contributed by atoms with van der Waals surface area (Å²) in [6.07, 6.45) is -54.7. The molecule has 0 saturated carbocycles. The summed E-state index contributed by atoms with van der Waals surface area (Å²) in [5.74, 6) is 0. The van der Waals surface area contributed by atoms with Gasteiger partial charge in [-0.15, -0.1) is 0 Å². The Morgan fingerprint density at radius 3 is 0.901 bits per heavy atom. The van der Waals surface area contributed by atoms with Crippen molar-refractivity contribution in [2.24, 2.45) is 5.73 Å². The monoisotopic (exact) mass is 1050 g/mol. The molecule has 0 spiro atoms. The van der Waals surface area contributed by atoms with Crippen LogP contribution in [0.15, 0.2) is 0 Å². The Balaban J connectivity index is 1.15. The van der Waals surface area contributed by atoms with Crippen LogP contribution in [0.5, 0.6) is 0 Å². The Labute approximate surface area is 402 Å². The largest absolute Gasteiger partial charge is 0.394 e. The summed E-state index contributed by atoms with van der Waals surface area (Å²) < 4.78 is 67.2. The van der Waals surface area contributed by atoms with Crippen LogP contribution in [0.2, 0.25) is 0 Å². The molecule has 32 nitrogen and oxygen atoms in total. The van der Waals surface area contributed by atoms with Gasteiger partial charge in [0.2, 0.25) is 0 Å². The quantitative estimate of drug-likeness (QED) is 0.0504. The van der Waals surface area contributed by atoms with Gasteiger partial charge in [0.15, 0.2) is 37.7 Å². The molecule has 6 aliphatic rings. The van der Waals surface area contributed by atoms with Gasteiger partial charge in [-0.3, -0.25) is 0 Å². The fourth-order valence-electron chi connectivity index (χ4n) is 8.60. The minimum atomic E-state index is -2.11. The van der Waals surface area contributed by atoms with Gasteiger partial charge in [0.05, 0.1) is 46.2 Å². The minimum absolute atomic E-state index is 0.0874. The fraction of sp³-hybridized carbons (Fsp3) is 1.00. The van der Waals surface area contributed by atoms with Gasteiger partial charge >= 0.3 is 0 Å². The molecular weight excluding hydrogens is 978 g/mol. The van der Waals surface area contributed by atoms with Gasteiger partial charge in [0, 0.05) is 0 Å². The first-order valence-corrected chi connectivity index (χ1v) is 22.8. The number of hydrogen-bond acceptors (Lipinski definition) is 32. The molecule has 0 bridgehead atoms. The van der Waals surface area contributed by atoms with E-state index in [4.69, 9.17) is 62.6 Å². The van der Waals surface area contributed by atoms with E-state index < -0.39 is 224 Å². The molecule has 0 radical (unpaired) electrons. The molecular formula is C39H69NO31. The maximum Gasteiger partial charge on any atom is 0.187 e. The highest BCUT2D eigenvalue weighted by molar-refractivity contribution is 4.98. The summed E-state index contributed by atoms with van der Waals surface area (Å²) >= 11 is 0. The second-order valence-electron chi connectivity index (χ2n) is 17.9. The first kappa shape index (κ1) is 59.0. The van der Waals surface area contributed by atoms with Crippen molar-refractivity contribution in [3.8, 4) is 0 Å².